The zero-order chi connectivity index (χ0) is 15.2. The van der Waals surface area contributed by atoms with Crippen molar-refractivity contribution in [1.82, 2.24) is 0 Å². The number of aliphatic hydroxyl groups excluding tert-OH is 1. The molecule has 0 aliphatic carbocycles. The second-order valence-electron chi connectivity index (χ2n) is 7.51. The maximum Gasteiger partial charge on any atom is 0.0781 e. The van der Waals surface area contributed by atoms with E-state index >= 15 is 0 Å². The maximum absolute atomic E-state index is 8.99. The Bertz CT molecular complexity index is 330. The van der Waals surface area contributed by atoms with Gasteiger partial charge in [-0.2, -0.15) is 0 Å². The van der Waals surface area contributed by atoms with Gasteiger partial charge in [-0.15, -0.1) is 6.58 Å². The lowest BCUT2D eigenvalue weighted by Gasteiger charge is -2.28. The largest absolute Gasteiger partial charge is 0.396 e. The van der Waals surface area contributed by atoms with Crippen LogP contribution in [0.2, 0.25) is 25.7 Å². The summed E-state index contributed by atoms with van der Waals surface area (Å²) in [6.07, 6.45) is 8.65. The molecule has 1 N–H and O–H groups in total. The van der Waals surface area contributed by atoms with E-state index in [2.05, 4.69) is 45.3 Å². The highest BCUT2D eigenvalue weighted by Crippen LogP contribution is 2.26. The molecule has 1 unspecified atom stereocenters. The average Bonchev–Trinajstić information content (AvgIpc) is 2.26. The van der Waals surface area contributed by atoms with Gasteiger partial charge in [-0.1, -0.05) is 44.3 Å². The summed E-state index contributed by atoms with van der Waals surface area (Å²) in [5.41, 5.74) is 1.41. The lowest BCUT2D eigenvalue weighted by Crippen LogP contribution is -2.27. The Morgan fingerprint density at radius 1 is 1.45 bits per heavy atom. The van der Waals surface area contributed by atoms with Crippen molar-refractivity contribution in [3.8, 4) is 0 Å². The fraction of sp³-hybridized carbons (Fsp3) is 0.765. The van der Waals surface area contributed by atoms with Crippen molar-refractivity contribution in [2.75, 3.05) is 6.61 Å². The summed E-state index contributed by atoms with van der Waals surface area (Å²) in [6.45, 7) is 14.0. The highest BCUT2D eigenvalue weighted by atomic mass is 28.3. The molecule has 0 saturated heterocycles. The highest BCUT2D eigenvalue weighted by Gasteiger charge is 2.21. The third-order valence-corrected chi connectivity index (χ3v) is 5.17. The molecule has 0 radical (unpaired) electrons. The van der Waals surface area contributed by atoms with Crippen LogP contribution in [-0.4, -0.2) is 32.0 Å². The first-order valence-corrected chi connectivity index (χ1v) is 11.6. The molecular formula is C17H32O2Si. The molecule has 2 nitrogen and oxygen atoms in total. The Morgan fingerprint density at radius 3 is 2.75 bits per heavy atom. The van der Waals surface area contributed by atoms with E-state index in [9.17, 15) is 0 Å². The van der Waals surface area contributed by atoms with Crippen molar-refractivity contribution in [3.05, 3.63) is 24.3 Å². The SMILES string of the molecule is C=C(C[C@H](C)C[C@@H]1CC=CC(CCO)O1)C[Si](C)(C)C. The van der Waals surface area contributed by atoms with Crippen LogP contribution in [0.15, 0.2) is 24.3 Å². The average molecular weight is 297 g/mol. The fourth-order valence-corrected chi connectivity index (χ4v) is 4.66. The van der Waals surface area contributed by atoms with Gasteiger partial charge in [0.1, 0.15) is 0 Å². The Morgan fingerprint density at radius 2 is 2.15 bits per heavy atom. The Balaban J connectivity index is 2.33. The first kappa shape index (κ1) is 17.7. The molecule has 1 heterocycles. The van der Waals surface area contributed by atoms with Crippen LogP contribution in [0.3, 0.4) is 0 Å². The molecule has 0 aromatic carbocycles. The van der Waals surface area contributed by atoms with Gasteiger partial charge in [0.2, 0.25) is 0 Å². The van der Waals surface area contributed by atoms with Crippen LogP contribution in [0.25, 0.3) is 0 Å². The second kappa shape index (κ2) is 8.16. The summed E-state index contributed by atoms with van der Waals surface area (Å²) >= 11 is 0. The van der Waals surface area contributed by atoms with Gasteiger partial charge in [0.15, 0.2) is 0 Å². The molecule has 1 rings (SSSR count). The monoisotopic (exact) mass is 296 g/mol. The lowest BCUT2D eigenvalue weighted by molar-refractivity contribution is -0.0154. The van der Waals surface area contributed by atoms with Crippen LogP contribution in [0.1, 0.15) is 32.6 Å². The van der Waals surface area contributed by atoms with Crippen LogP contribution in [0.4, 0.5) is 0 Å². The molecule has 0 fully saturated rings. The second-order valence-corrected chi connectivity index (χ2v) is 13.0. The minimum absolute atomic E-state index is 0.108. The van der Waals surface area contributed by atoms with Crippen molar-refractivity contribution in [2.45, 2.75) is 70.5 Å². The molecule has 0 bridgehead atoms. The van der Waals surface area contributed by atoms with Gasteiger partial charge in [0, 0.05) is 21.1 Å². The number of hydrogen-bond donors (Lipinski definition) is 1. The van der Waals surface area contributed by atoms with Gasteiger partial charge in [-0.25, -0.2) is 0 Å². The minimum Gasteiger partial charge on any atom is -0.396 e. The third-order valence-electron chi connectivity index (χ3n) is 3.61. The molecule has 0 spiro atoms. The predicted octanol–water partition coefficient (Wildman–Crippen LogP) is 4.39. The van der Waals surface area contributed by atoms with Gasteiger partial charge >= 0.3 is 0 Å². The van der Waals surface area contributed by atoms with Crippen LogP contribution >= 0.6 is 0 Å². The number of allylic oxidation sites excluding steroid dienone is 1. The summed E-state index contributed by atoms with van der Waals surface area (Å²) in [7, 11) is -1.03. The van der Waals surface area contributed by atoms with Crippen LogP contribution in [0, 0.1) is 5.92 Å². The predicted molar refractivity (Wildman–Crippen MR) is 89.8 cm³/mol. The Hall–Kier alpha value is -0.383. The van der Waals surface area contributed by atoms with Gasteiger partial charge in [0.05, 0.1) is 12.2 Å². The van der Waals surface area contributed by atoms with E-state index in [0.29, 0.717) is 18.4 Å². The normalized spacial score (nSPS) is 24.6. The molecule has 1 aliphatic heterocycles. The molecule has 0 aromatic rings. The molecule has 20 heavy (non-hydrogen) atoms. The molecule has 0 amide bonds. The topological polar surface area (TPSA) is 29.5 Å². The Labute approximate surface area is 125 Å². The van der Waals surface area contributed by atoms with E-state index < -0.39 is 8.07 Å². The molecule has 3 heteroatoms. The summed E-state index contributed by atoms with van der Waals surface area (Å²) < 4.78 is 6.01. The first-order valence-electron chi connectivity index (χ1n) is 7.90. The maximum atomic E-state index is 8.99. The number of rotatable bonds is 8. The highest BCUT2D eigenvalue weighted by molar-refractivity contribution is 6.76. The van der Waals surface area contributed by atoms with Crippen molar-refractivity contribution < 1.29 is 9.84 Å². The van der Waals surface area contributed by atoms with Gasteiger partial charge in [-0.3, -0.25) is 0 Å². The fourth-order valence-electron chi connectivity index (χ4n) is 3.02. The van der Waals surface area contributed by atoms with E-state index in [1.54, 1.807) is 0 Å². The van der Waals surface area contributed by atoms with Crippen molar-refractivity contribution in [1.29, 1.82) is 0 Å². The van der Waals surface area contributed by atoms with Gasteiger partial charge in [0.25, 0.3) is 0 Å². The Kier molecular flexibility index (Phi) is 7.20. The molecule has 116 valence electrons. The standard InChI is InChI=1S/C17H32O2Si/c1-14(11-15(2)13-20(3,4)5)12-17-8-6-7-16(19-17)9-10-18/h6-7,14,16-18H,2,8-13H2,1,3-5H3/t14-,16?,17-/m0/s1. The molecule has 0 aromatic heterocycles. The minimum atomic E-state index is -1.03. The van der Waals surface area contributed by atoms with Crippen LogP contribution in [0.5, 0.6) is 0 Å². The van der Waals surface area contributed by atoms with Crippen molar-refractivity contribution >= 4 is 8.07 Å². The molecule has 3 atom stereocenters. The van der Waals surface area contributed by atoms with Crippen molar-refractivity contribution in [2.24, 2.45) is 5.92 Å². The number of aliphatic hydroxyl groups is 1. The van der Waals surface area contributed by atoms with Gasteiger partial charge < -0.3 is 9.84 Å². The first-order chi connectivity index (χ1) is 9.30. The quantitative estimate of drug-likeness (QED) is 0.531. The lowest BCUT2D eigenvalue weighted by atomic mass is 9.94. The number of hydrogen-bond acceptors (Lipinski definition) is 2. The van der Waals surface area contributed by atoms with Crippen LogP contribution in [-0.2, 0) is 4.74 Å². The van der Waals surface area contributed by atoms with E-state index in [0.717, 1.165) is 19.3 Å². The summed E-state index contributed by atoms with van der Waals surface area (Å²) in [5, 5.41) is 8.99. The van der Waals surface area contributed by atoms with Crippen molar-refractivity contribution in [3.63, 3.8) is 0 Å². The summed E-state index contributed by atoms with van der Waals surface area (Å²) in [6, 6.07) is 1.23. The van der Waals surface area contributed by atoms with E-state index in [1.807, 2.05) is 0 Å². The zero-order valence-corrected chi connectivity index (χ0v) is 14.7. The molecule has 1 aliphatic rings. The smallest absolute Gasteiger partial charge is 0.0781 e. The van der Waals surface area contributed by atoms with Gasteiger partial charge in [-0.05, 0) is 31.2 Å². The molecule has 0 saturated carbocycles. The van der Waals surface area contributed by atoms with E-state index in [4.69, 9.17) is 9.84 Å². The van der Waals surface area contributed by atoms with E-state index in [-0.39, 0.29) is 12.7 Å². The molecular weight excluding hydrogens is 264 g/mol. The van der Waals surface area contributed by atoms with E-state index in [1.165, 1.54) is 11.6 Å². The van der Waals surface area contributed by atoms with Crippen LogP contribution < -0.4 is 0 Å². The summed E-state index contributed by atoms with van der Waals surface area (Å²) in [5.74, 6) is 0.630. The zero-order valence-electron chi connectivity index (χ0n) is 13.7. The third kappa shape index (κ3) is 7.41. The summed E-state index contributed by atoms with van der Waals surface area (Å²) in [4.78, 5) is 0. The number of ether oxygens (including phenoxy) is 1.